The summed E-state index contributed by atoms with van der Waals surface area (Å²) in [5, 5.41) is 0. The van der Waals surface area contributed by atoms with Gasteiger partial charge in [-0.2, -0.15) is 4.31 Å². The maximum Gasteiger partial charge on any atom is 0.244 e. The molecule has 0 aliphatic heterocycles. The van der Waals surface area contributed by atoms with Crippen molar-refractivity contribution in [3.8, 4) is 11.8 Å². The molecule has 1 aliphatic carbocycles. The topological polar surface area (TPSA) is 37.4 Å². The Bertz CT molecular complexity index is 659. The summed E-state index contributed by atoms with van der Waals surface area (Å²) in [5.41, 5.74) is 1.04. The first-order valence-corrected chi connectivity index (χ1v) is 8.61. The van der Waals surface area contributed by atoms with Crippen molar-refractivity contribution in [3.05, 3.63) is 42.0 Å². The smallest absolute Gasteiger partial charge is 0.207 e. The van der Waals surface area contributed by atoms with Crippen molar-refractivity contribution >= 4 is 10.0 Å². The standard InChI is InChI=1S/C17H21NO2S/c1-3-4-13-18(14-5-6-16-9-10-16)21(19,20)17-11-7-15(2)8-12-17/h5-8,11-12,16H,9-10,13-14H2,1-2H3/b6-5+. The van der Waals surface area contributed by atoms with Gasteiger partial charge in [0.25, 0.3) is 0 Å². The van der Waals surface area contributed by atoms with Crippen molar-refractivity contribution < 1.29 is 8.42 Å². The van der Waals surface area contributed by atoms with Gasteiger partial charge < -0.3 is 0 Å². The van der Waals surface area contributed by atoms with E-state index in [1.165, 1.54) is 17.1 Å². The highest BCUT2D eigenvalue weighted by molar-refractivity contribution is 7.89. The van der Waals surface area contributed by atoms with Gasteiger partial charge in [0.05, 0.1) is 11.4 Å². The zero-order valence-electron chi connectivity index (χ0n) is 12.5. The number of benzene rings is 1. The number of hydrogen-bond donors (Lipinski definition) is 0. The van der Waals surface area contributed by atoms with Crippen molar-refractivity contribution in [2.24, 2.45) is 5.92 Å². The molecule has 1 aromatic rings. The van der Waals surface area contributed by atoms with Crippen LogP contribution >= 0.6 is 0 Å². The van der Waals surface area contributed by atoms with Gasteiger partial charge in [0.1, 0.15) is 0 Å². The summed E-state index contributed by atoms with van der Waals surface area (Å²) in [5.74, 6) is 6.26. The minimum atomic E-state index is -3.49. The van der Waals surface area contributed by atoms with Gasteiger partial charge in [0, 0.05) is 6.54 Å². The molecule has 0 spiro atoms. The largest absolute Gasteiger partial charge is 0.244 e. The fraction of sp³-hybridized carbons (Fsp3) is 0.412. The summed E-state index contributed by atoms with van der Waals surface area (Å²) < 4.78 is 26.8. The third kappa shape index (κ3) is 4.45. The lowest BCUT2D eigenvalue weighted by Gasteiger charge is -2.18. The molecule has 112 valence electrons. The number of nitrogens with zero attached hydrogens (tertiary/aromatic N) is 1. The first-order chi connectivity index (χ1) is 10.0. The van der Waals surface area contributed by atoms with Gasteiger partial charge in [-0.1, -0.05) is 35.8 Å². The lowest BCUT2D eigenvalue weighted by Crippen LogP contribution is -2.31. The van der Waals surface area contributed by atoms with Crippen LogP contribution in [0, 0.1) is 24.7 Å². The Kier molecular flexibility index (Phi) is 5.22. The van der Waals surface area contributed by atoms with Crippen molar-refractivity contribution in [2.75, 3.05) is 13.1 Å². The van der Waals surface area contributed by atoms with Crippen LogP contribution in [0.25, 0.3) is 0 Å². The molecule has 3 nitrogen and oxygen atoms in total. The predicted molar refractivity (Wildman–Crippen MR) is 85.3 cm³/mol. The summed E-state index contributed by atoms with van der Waals surface area (Å²) in [7, 11) is -3.49. The molecule has 4 heteroatoms. The molecule has 0 bridgehead atoms. The van der Waals surface area contributed by atoms with Crippen LogP contribution in [-0.2, 0) is 10.0 Å². The first-order valence-electron chi connectivity index (χ1n) is 7.17. The first kappa shape index (κ1) is 15.8. The molecule has 0 aromatic heterocycles. The number of hydrogen-bond acceptors (Lipinski definition) is 2. The maximum atomic E-state index is 12.7. The Hall–Kier alpha value is -1.57. The second kappa shape index (κ2) is 6.93. The van der Waals surface area contributed by atoms with E-state index >= 15 is 0 Å². The Labute approximate surface area is 127 Å². The van der Waals surface area contributed by atoms with Crippen LogP contribution in [0.4, 0.5) is 0 Å². The van der Waals surface area contributed by atoms with Crippen molar-refractivity contribution in [2.45, 2.75) is 31.6 Å². The van der Waals surface area contributed by atoms with Crippen molar-refractivity contribution in [1.82, 2.24) is 4.31 Å². The molecule has 0 heterocycles. The second-order valence-corrected chi connectivity index (χ2v) is 7.24. The van der Waals surface area contributed by atoms with E-state index in [0.717, 1.165) is 5.56 Å². The van der Waals surface area contributed by atoms with Gasteiger partial charge >= 0.3 is 0 Å². The van der Waals surface area contributed by atoms with E-state index in [2.05, 4.69) is 17.9 Å². The molecule has 1 saturated carbocycles. The van der Waals surface area contributed by atoms with Crippen LogP contribution in [-0.4, -0.2) is 25.8 Å². The van der Waals surface area contributed by atoms with E-state index in [4.69, 9.17) is 0 Å². The Morgan fingerprint density at radius 2 is 1.95 bits per heavy atom. The predicted octanol–water partition coefficient (Wildman–Crippen LogP) is 2.98. The molecule has 1 aromatic carbocycles. The highest BCUT2D eigenvalue weighted by atomic mass is 32.2. The van der Waals surface area contributed by atoms with Crippen LogP contribution in [0.15, 0.2) is 41.3 Å². The van der Waals surface area contributed by atoms with Crippen LogP contribution in [0.1, 0.15) is 25.3 Å². The molecule has 1 aliphatic rings. The van der Waals surface area contributed by atoms with Crippen LogP contribution < -0.4 is 0 Å². The Morgan fingerprint density at radius 3 is 2.52 bits per heavy atom. The van der Waals surface area contributed by atoms with Gasteiger partial charge in [-0.05, 0) is 44.7 Å². The monoisotopic (exact) mass is 303 g/mol. The summed E-state index contributed by atoms with van der Waals surface area (Å²) >= 11 is 0. The highest BCUT2D eigenvalue weighted by Gasteiger charge is 2.23. The molecular formula is C17H21NO2S. The molecule has 0 N–H and O–H groups in total. The molecule has 0 unspecified atom stereocenters. The SMILES string of the molecule is CC#CCN(C/C=C/C1CC1)S(=O)(=O)c1ccc(C)cc1. The third-order valence-electron chi connectivity index (χ3n) is 3.43. The minimum absolute atomic E-state index is 0.224. The molecule has 0 atom stereocenters. The van der Waals surface area contributed by atoms with E-state index in [1.807, 2.05) is 25.1 Å². The molecule has 0 radical (unpaired) electrons. The van der Waals surface area contributed by atoms with Gasteiger partial charge in [-0.25, -0.2) is 8.42 Å². The fourth-order valence-corrected chi connectivity index (χ4v) is 3.23. The Balaban J connectivity index is 2.19. The summed E-state index contributed by atoms with van der Waals surface area (Å²) in [6.07, 6.45) is 6.49. The van der Waals surface area contributed by atoms with Crippen molar-refractivity contribution in [1.29, 1.82) is 0 Å². The average molecular weight is 303 g/mol. The van der Waals surface area contributed by atoms with Crippen molar-refractivity contribution in [3.63, 3.8) is 0 Å². The summed E-state index contributed by atoms with van der Waals surface area (Å²) in [4.78, 5) is 0.325. The third-order valence-corrected chi connectivity index (χ3v) is 5.26. The van der Waals surface area contributed by atoms with Gasteiger partial charge in [0.15, 0.2) is 0 Å². The average Bonchev–Trinajstić information content (AvgIpc) is 3.27. The van der Waals surface area contributed by atoms with Crippen LogP contribution in [0.3, 0.4) is 0 Å². The van der Waals surface area contributed by atoms with E-state index in [-0.39, 0.29) is 6.54 Å². The molecule has 1 fully saturated rings. The fourth-order valence-electron chi connectivity index (χ4n) is 1.93. The molecule has 2 rings (SSSR count). The molecule has 0 amide bonds. The zero-order chi connectivity index (χ0) is 15.3. The van der Waals surface area contributed by atoms with Crippen LogP contribution in [0.2, 0.25) is 0 Å². The maximum absolute atomic E-state index is 12.7. The van der Waals surface area contributed by atoms with Gasteiger partial charge in [-0.3, -0.25) is 0 Å². The highest BCUT2D eigenvalue weighted by Crippen LogP contribution is 2.30. The number of aryl methyl sites for hydroxylation is 1. The van der Waals surface area contributed by atoms with E-state index in [9.17, 15) is 8.42 Å². The van der Waals surface area contributed by atoms with E-state index in [1.54, 1.807) is 19.1 Å². The number of sulfonamides is 1. The quantitative estimate of drug-likeness (QED) is 0.598. The van der Waals surface area contributed by atoms with Gasteiger partial charge in [0.2, 0.25) is 10.0 Å². The zero-order valence-corrected chi connectivity index (χ0v) is 13.4. The van der Waals surface area contributed by atoms with E-state index < -0.39 is 10.0 Å². The summed E-state index contributed by atoms with van der Waals surface area (Å²) in [6.45, 7) is 4.26. The minimum Gasteiger partial charge on any atom is -0.207 e. The lowest BCUT2D eigenvalue weighted by atomic mass is 10.2. The normalized spacial score (nSPS) is 15.2. The van der Waals surface area contributed by atoms with Crippen LogP contribution in [0.5, 0.6) is 0 Å². The number of allylic oxidation sites excluding steroid dienone is 1. The molecular weight excluding hydrogens is 282 g/mol. The van der Waals surface area contributed by atoms with E-state index in [0.29, 0.717) is 17.4 Å². The molecule has 21 heavy (non-hydrogen) atoms. The van der Waals surface area contributed by atoms with Gasteiger partial charge in [-0.15, -0.1) is 5.92 Å². The number of rotatable bonds is 6. The Morgan fingerprint density at radius 1 is 1.29 bits per heavy atom. The summed E-state index contributed by atoms with van der Waals surface area (Å²) in [6, 6.07) is 6.94. The molecule has 0 saturated heterocycles. The lowest BCUT2D eigenvalue weighted by molar-refractivity contribution is 0.477. The second-order valence-electron chi connectivity index (χ2n) is 5.30.